The summed E-state index contributed by atoms with van der Waals surface area (Å²) >= 11 is 0. The third-order valence-corrected chi connectivity index (χ3v) is 2.78. The topological polar surface area (TPSA) is 99.6 Å². The van der Waals surface area contributed by atoms with E-state index in [0.29, 0.717) is 6.42 Å². The number of nitrogen functional groups attached to an aromatic ring is 1. The zero-order chi connectivity index (χ0) is 12.4. The van der Waals surface area contributed by atoms with Gasteiger partial charge >= 0.3 is 5.69 Å². The molecule has 1 saturated heterocycles. The van der Waals surface area contributed by atoms with E-state index in [0.717, 1.165) is 0 Å². The molecule has 0 spiro atoms. The second kappa shape index (κ2) is 4.82. The SMILES string of the molecule is COC1C[C@@H](CO)O[C@H]1n1ccc(N)nc1=O. The van der Waals surface area contributed by atoms with E-state index < -0.39 is 11.9 Å². The Balaban J connectivity index is 2.29. The van der Waals surface area contributed by atoms with E-state index in [2.05, 4.69) is 4.98 Å². The summed E-state index contributed by atoms with van der Waals surface area (Å²) < 4.78 is 12.1. The van der Waals surface area contributed by atoms with Gasteiger partial charge in [-0.1, -0.05) is 0 Å². The molecule has 7 heteroatoms. The number of rotatable bonds is 3. The van der Waals surface area contributed by atoms with Crippen molar-refractivity contribution in [3.63, 3.8) is 0 Å². The van der Waals surface area contributed by atoms with Crippen LogP contribution in [0.3, 0.4) is 0 Å². The molecule has 1 aliphatic rings. The van der Waals surface area contributed by atoms with Gasteiger partial charge in [0.25, 0.3) is 0 Å². The maximum absolute atomic E-state index is 11.7. The van der Waals surface area contributed by atoms with Gasteiger partial charge in [0.15, 0.2) is 6.23 Å². The fourth-order valence-electron chi connectivity index (χ4n) is 1.91. The van der Waals surface area contributed by atoms with Crippen LogP contribution in [-0.4, -0.2) is 40.6 Å². The number of aromatic nitrogens is 2. The minimum atomic E-state index is -0.572. The van der Waals surface area contributed by atoms with Crippen LogP contribution in [0.2, 0.25) is 0 Å². The lowest BCUT2D eigenvalue weighted by Gasteiger charge is -2.19. The Kier molecular flexibility index (Phi) is 3.41. The Morgan fingerprint density at radius 1 is 1.76 bits per heavy atom. The third-order valence-electron chi connectivity index (χ3n) is 2.78. The van der Waals surface area contributed by atoms with Crippen LogP contribution in [0.5, 0.6) is 0 Å². The molecular weight excluding hydrogens is 226 g/mol. The molecule has 0 amide bonds. The minimum Gasteiger partial charge on any atom is -0.394 e. The standard InChI is InChI=1S/C10H15N3O4/c1-16-7-4-6(5-14)17-9(7)13-3-2-8(11)12-10(13)15/h2-3,6-7,9,14H,4-5H2,1H3,(H2,11,12,15)/t6-,7?,9+/m0/s1. The van der Waals surface area contributed by atoms with Gasteiger partial charge in [0.05, 0.1) is 12.7 Å². The molecule has 1 unspecified atom stereocenters. The van der Waals surface area contributed by atoms with Gasteiger partial charge in [-0.15, -0.1) is 0 Å². The number of nitrogens with zero attached hydrogens (tertiary/aromatic N) is 2. The van der Waals surface area contributed by atoms with Crippen LogP contribution in [0, 0.1) is 0 Å². The van der Waals surface area contributed by atoms with Crippen molar-refractivity contribution >= 4 is 5.82 Å². The molecule has 1 aromatic heterocycles. The zero-order valence-electron chi connectivity index (χ0n) is 9.44. The summed E-state index contributed by atoms with van der Waals surface area (Å²) in [4.78, 5) is 15.3. The van der Waals surface area contributed by atoms with E-state index in [4.69, 9.17) is 20.3 Å². The molecule has 1 aromatic rings. The molecule has 17 heavy (non-hydrogen) atoms. The smallest absolute Gasteiger partial charge is 0.351 e. The number of aliphatic hydroxyl groups excluding tert-OH is 1. The summed E-state index contributed by atoms with van der Waals surface area (Å²) in [5.74, 6) is 0.164. The van der Waals surface area contributed by atoms with E-state index in [-0.39, 0.29) is 24.6 Å². The summed E-state index contributed by atoms with van der Waals surface area (Å²) in [6.07, 6.45) is 0.873. The minimum absolute atomic E-state index is 0.104. The van der Waals surface area contributed by atoms with E-state index in [1.54, 1.807) is 0 Å². The van der Waals surface area contributed by atoms with Crippen molar-refractivity contribution in [1.82, 2.24) is 9.55 Å². The van der Waals surface area contributed by atoms with Crippen molar-refractivity contribution in [2.24, 2.45) is 0 Å². The van der Waals surface area contributed by atoms with Crippen LogP contribution in [0.4, 0.5) is 5.82 Å². The summed E-state index contributed by atoms with van der Waals surface area (Å²) in [6, 6.07) is 1.52. The predicted octanol–water partition coefficient (Wildman–Crippen LogP) is -0.880. The monoisotopic (exact) mass is 241 g/mol. The van der Waals surface area contributed by atoms with E-state index in [9.17, 15) is 4.79 Å². The average molecular weight is 241 g/mol. The van der Waals surface area contributed by atoms with Crippen LogP contribution < -0.4 is 11.4 Å². The molecule has 94 valence electrons. The first-order chi connectivity index (χ1) is 8.15. The van der Waals surface area contributed by atoms with Crippen LogP contribution in [0.15, 0.2) is 17.1 Å². The van der Waals surface area contributed by atoms with Gasteiger partial charge in [-0.05, 0) is 6.07 Å². The fourth-order valence-corrected chi connectivity index (χ4v) is 1.91. The molecule has 1 aliphatic heterocycles. The summed E-state index contributed by atoms with van der Waals surface area (Å²) in [5, 5.41) is 9.05. The highest BCUT2D eigenvalue weighted by atomic mass is 16.6. The second-order valence-corrected chi connectivity index (χ2v) is 3.88. The van der Waals surface area contributed by atoms with Gasteiger partial charge in [-0.3, -0.25) is 4.57 Å². The molecule has 2 heterocycles. The second-order valence-electron chi connectivity index (χ2n) is 3.88. The highest BCUT2D eigenvalue weighted by Crippen LogP contribution is 2.29. The van der Waals surface area contributed by atoms with E-state index in [1.165, 1.54) is 23.9 Å². The molecule has 0 saturated carbocycles. The van der Waals surface area contributed by atoms with Crippen molar-refractivity contribution in [1.29, 1.82) is 0 Å². The van der Waals surface area contributed by atoms with Crippen molar-refractivity contribution in [2.45, 2.75) is 24.9 Å². The van der Waals surface area contributed by atoms with E-state index in [1.807, 2.05) is 0 Å². The summed E-state index contributed by atoms with van der Waals surface area (Å²) in [7, 11) is 1.54. The van der Waals surface area contributed by atoms with Crippen LogP contribution >= 0.6 is 0 Å². The van der Waals surface area contributed by atoms with Gasteiger partial charge in [0, 0.05) is 19.7 Å². The van der Waals surface area contributed by atoms with Crippen LogP contribution in [-0.2, 0) is 9.47 Å². The lowest BCUT2D eigenvalue weighted by Crippen LogP contribution is -2.32. The Hall–Kier alpha value is -1.44. The zero-order valence-corrected chi connectivity index (χ0v) is 9.44. The van der Waals surface area contributed by atoms with Gasteiger partial charge in [0.1, 0.15) is 11.9 Å². The van der Waals surface area contributed by atoms with Gasteiger partial charge in [-0.2, -0.15) is 4.98 Å². The molecule has 1 fully saturated rings. The number of aliphatic hydroxyl groups is 1. The number of ether oxygens (including phenoxy) is 2. The van der Waals surface area contributed by atoms with Gasteiger partial charge in [0.2, 0.25) is 0 Å². The Bertz CT molecular complexity index is 447. The van der Waals surface area contributed by atoms with Gasteiger partial charge < -0.3 is 20.3 Å². The Morgan fingerprint density at radius 3 is 3.12 bits per heavy atom. The highest BCUT2D eigenvalue weighted by molar-refractivity contribution is 5.23. The molecule has 0 aliphatic carbocycles. The highest BCUT2D eigenvalue weighted by Gasteiger charge is 2.36. The van der Waals surface area contributed by atoms with Crippen molar-refractivity contribution in [3.05, 3.63) is 22.7 Å². The average Bonchev–Trinajstić information content (AvgIpc) is 2.72. The molecule has 0 bridgehead atoms. The lowest BCUT2D eigenvalue weighted by molar-refractivity contribution is -0.0624. The number of nitrogens with two attached hydrogens (primary N) is 1. The molecule has 2 rings (SSSR count). The Labute approximate surface area is 97.8 Å². The molecular formula is C10H15N3O4. The summed E-state index contributed by atoms with van der Waals surface area (Å²) in [5.41, 5.74) is 4.92. The predicted molar refractivity (Wildman–Crippen MR) is 59.3 cm³/mol. The van der Waals surface area contributed by atoms with Crippen molar-refractivity contribution in [2.75, 3.05) is 19.5 Å². The number of methoxy groups -OCH3 is 1. The Morgan fingerprint density at radius 2 is 2.53 bits per heavy atom. The first-order valence-electron chi connectivity index (χ1n) is 5.29. The van der Waals surface area contributed by atoms with Crippen LogP contribution in [0.1, 0.15) is 12.6 Å². The summed E-state index contributed by atoms with van der Waals surface area (Å²) in [6.45, 7) is -0.104. The quantitative estimate of drug-likeness (QED) is 0.713. The number of hydrogen-bond donors (Lipinski definition) is 2. The maximum Gasteiger partial charge on any atom is 0.351 e. The van der Waals surface area contributed by atoms with Gasteiger partial charge in [-0.25, -0.2) is 4.79 Å². The fraction of sp³-hybridized carbons (Fsp3) is 0.600. The molecule has 0 radical (unpaired) electrons. The maximum atomic E-state index is 11.7. The number of hydrogen-bond acceptors (Lipinski definition) is 6. The third kappa shape index (κ3) is 2.31. The molecule has 3 atom stereocenters. The van der Waals surface area contributed by atoms with Crippen molar-refractivity contribution < 1.29 is 14.6 Å². The molecule has 3 N–H and O–H groups in total. The molecule has 7 nitrogen and oxygen atoms in total. The number of anilines is 1. The first kappa shape index (κ1) is 12.0. The van der Waals surface area contributed by atoms with E-state index >= 15 is 0 Å². The first-order valence-corrected chi connectivity index (χ1v) is 5.29. The van der Waals surface area contributed by atoms with Crippen molar-refractivity contribution in [3.8, 4) is 0 Å². The largest absolute Gasteiger partial charge is 0.394 e. The lowest BCUT2D eigenvalue weighted by atomic mass is 10.2. The molecule has 0 aromatic carbocycles. The normalized spacial score (nSPS) is 28.5. The van der Waals surface area contributed by atoms with Crippen LogP contribution in [0.25, 0.3) is 0 Å².